The van der Waals surface area contributed by atoms with Crippen LogP contribution in [-0.2, 0) is 16.0 Å². The van der Waals surface area contributed by atoms with Crippen LogP contribution >= 0.6 is 0 Å². The minimum atomic E-state index is -0.295. The van der Waals surface area contributed by atoms with Crippen molar-refractivity contribution in [2.24, 2.45) is 5.92 Å². The van der Waals surface area contributed by atoms with Crippen LogP contribution in [0.5, 0.6) is 0 Å². The monoisotopic (exact) mass is 351 g/mol. The Morgan fingerprint density at radius 2 is 2.00 bits per heavy atom. The first kappa shape index (κ1) is 18.1. The first-order chi connectivity index (χ1) is 12.5. The van der Waals surface area contributed by atoms with E-state index in [9.17, 15) is 9.59 Å². The van der Waals surface area contributed by atoms with E-state index in [1.165, 1.54) is 5.56 Å². The van der Waals surface area contributed by atoms with Crippen LogP contribution in [0.1, 0.15) is 37.4 Å². The molecule has 1 atom stereocenters. The molecule has 0 aliphatic carbocycles. The van der Waals surface area contributed by atoms with E-state index in [1.807, 2.05) is 42.5 Å². The van der Waals surface area contributed by atoms with Crippen molar-refractivity contribution in [3.63, 3.8) is 0 Å². The summed E-state index contributed by atoms with van der Waals surface area (Å²) in [5.74, 6) is 0.106. The second-order valence-corrected chi connectivity index (χ2v) is 7.01. The van der Waals surface area contributed by atoms with Crippen LogP contribution in [0.4, 0.5) is 5.69 Å². The van der Waals surface area contributed by atoms with Crippen molar-refractivity contribution >= 4 is 17.5 Å². The molecule has 5 nitrogen and oxygen atoms in total. The van der Waals surface area contributed by atoms with E-state index < -0.39 is 0 Å². The Morgan fingerprint density at radius 3 is 2.65 bits per heavy atom. The van der Waals surface area contributed by atoms with Crippen LogP contribution in [-0.4, -0.2) is 29.9 Å². The lowest BCUT2D eigenvalue weighted by Crippen LogP contribution is -2.34. The number of anilines is 1. The van der Waals surface area contributed by atoms with Crippen LogP contribution in [0.2, 0.25) is 0 Å². The number of hydrogen-bond acceptors (Lipinski definition) is 3. The maximum Gasteiger partial charge on any atom is 0.227 e. The van der Waals surface area contributed by atoms with E-state index in [-0.39, 0.29) is 24.2 Å². The predicted octanol–water partition coefficient (Wildman–Crippen LogP) is 2.92. The smallest absolute Gasteiger partial charge is 0.227 e. The Labute approximate surface area is 154 Å². The van der Waals surface area contributed by atoms with Crippen LogP contribution < -0.4 is 10.2 Å². The number of carbonyl (C=O) groups is 2. The molecule has 2 heterocycles. The highest BCUT2D eigenvalue weighted by atomic mass is 16.2. The second kappa shape index (κ2) is 8.13. The second-order valence-electron chi connectivity index (χ2n) is 7.01. The van der Waals surface area contributed by atoms with Crippen molar-refractivity contribution in [1.29, 1.82) is 0 Å². The summed E-state index contributed by atoms with van der Waals surface area (Å²) in [7, 11) is 0. The minimum Gasteiger partial charge on any atom is -0.355 e. The van der Waals surface area contributed by atoms with E-state index in [0.717, 1.165) is 11.4 Å². The molecule has 1 aliphatic heterocycles. The summed E-state index contributed by atoms with van der Waals surface area (Å²) in [5.41, 5.74) is 3.05. The van der Waals surface area contributed by atoms with Gasteiger partial charge >= 0.3 is 0 Å². The molecule has 26 heavy (non-hydrogen) atoms. The lowest BCUT2D eigenvalue weighted by molar-refractivity contribution is -0.126. The Kier molecular flexibility index (Phi) is 5.66. The highest BCUT2D eigenvalue weighted by Crippen LogP contribution is 2.26. The number of amides is 2. The predicted molar refractivity (Wildman–Crippen MR) is 102 cm³/mol. The van der Waals surface area contributed by atoms with Crippen molar-refractivity contribution < 1.29 is 9.59 Å². The van der Waals surface area contributed by atoms with E-state index >= 15 is 0 Å². The SMILES string of the molecule is CC(C)c1ccc(N2CC(C(=O)NCCc3ccccn3)CC2=O)cc1. The Balaban J connectivity index is 1.54. The molecule has 0 saturated carbocycles. The zero-order chi connectivity index (χ0) is 18.5. The van der Waals surface area contributed by atoms with Gasteiger partial charge in [-0.05, 0) is 35.7 Å². The molecular weight excluding hydrogens is 326 g/mol. The summed E-state index contributed by atoms with van der Waals surface area (Å²) in [4.78, 5) is 30.7. The first-order valence-corrected chi connectivity index (χ1v) is 9.12. The first-order valence-electron chi connectivity index (χ1n) is 9.12. The Bertz CT molecular complexity index is 757. The number of carbonyl (C=O) groups excluding carboxylic acids is 2. The van der Waals surface area contributed by atoms with Crippen LogP contribution in [0, 0.1) is 5.92 Å². The van der Waals surface area contributed by atoms with E-state index in [2.05, 4.69) is 24.1 Å². The molecule has 1 aromatic carbocycles. The van der Waals surface area contributed by atoms with Gasteiger partial charge in [-0.2, -0.15) is 0 Å². The van der Waals surface area contributed by atoms with Gasteiger partial charge in [0.05, 0.1) is 5.92 Å². The van der Waals surface area contributed by atoms with Crippen molar-refractivity contribution in [3.05, 3.63) is 59.9 Å². The van der Waals surface area contributed by atoms with Crippen molar-refractivity contribution in [2.45, 2.75) is 32.6 Å². The molecule has 1 aliphatic rings. The van der Waals surface area contributed by atoms with Crippen LogP contribution in [0.3, 0.4) is 0 Å². The number of aromatic nitrogens is 1. The van der Waals surface area contributed by atoms with Gasteiger partial charge in [-0.3, -0.25) is 14.6 Å². The van der Waals surface area contributed by atoms with Gasteiger partial charge in [0.2, 0.25) is 11.8 Å². The maximum atomic E-state index is 12.4. The summed E-state index contributed by atoms with van der Waals surface area (Å²) in [6.07, 6.45) is 2.70. The number of benzene rings is 1. The molecular formula is C21H25N3O2. The van der Waals surface area contributed by atoms with Gasteiger partial charge in [-0.1, -0.05) is 32.0 Å². The van der Waals surface area contributed by atoms with Crippen molar-refractivity contribution in [1.82, 2.24) is 10.3 Å². The zero-order valence-corrected chi connectivity index (χ0v) is 15.3. The molecule has 1 saturated heterocycles. The summed E-state index contributed by atoms with van der Waals surface area (Å²) in [5, 5.41) is 2.93. The zero-order valence-electron chi connectivity index (χ0n) is 15.3. The normalized spacial score (nSPS) is 17.0. The summed E-state index contributed by atoms with van der Waals surface area (Å²) in [6, 6.07) is 13.8. The standard InChI is InChI=1S/C21H25N3O2/c1-15(2)16-6-8-19(9-7-16)24-14-17(13-20(24)25)21(26)23-12-10-18-5-3-4-11-22-18/h3-9,11,15,17H,10,12-14H2,1-2H3,(H,23,26). The fourth-order valence-corrected chi connectivity index (χ4v) is 3.18. The molecule has 0 spiro atoms. The van der Waals surface area contributed by atoms with E-state index in [1.54, 1.807) is 11.1 Å². The average molecular weight is 351 g/mol. The molecule has 5 heteroatoms. The van der Waals surface area contributed by atoms with Crippen LogP contribution in [0.25, 0.3) is 0 Å². The quantitative estimate of drug-likeness (QED) is 0.870. The van der Waals surface area contributed by atoms with Gasteiger partial charge < -0.3 is 10.2 Å². The highest BCUT2D eigenvalue weighted by molar-refractivity contribution is 6.00. The molecule has 1 aromatic heterocycles. The molecule has 2 aromatic rings. The maximum absolute atomic E-state index is 12.4. The molecule has 1 fully saturated rings. The minimum absolute atomic E-state index is 0.00664. The number of hydrogen-bond donors (Lipinski definition) is 1. The molecule has 1 unspecified atom stereocenters. The molecule has 0 bridgehead atoms. The van der Waals surface area contributed by atoms with Crippen molar-refractivity contribution in [3.8, 4) is 0 Å². The molecule has 2 amide bonds. The Hall–Kier alpha value is -2.69. The summed E-state index contributed by atoms with van der Waals surface area (Å²) in [6.45, 7) is 5.25. The number of rotatable bonds is 6. The molecule has 136 valence electrons. The number of nitrogens with zero attached hydrogens (tertiary/aromatic N) is 2. The largest absolute Gasteiger partial charge is 0.355 e. The van der Waals surface area contributed by atoms with E-state index in [4.69, 9.17) is 0 Å². The topological polar surface area (TPSA) is 62.3 Å². The highest BCUT2D eigenvalue weighted by Gasteiger charge is 2.34. The summed E-state index contributed by atoms with van der Waals surface area (Å²) >= 11 is 0. The Morgan fingerprint density at radius 1 is 1.23 bits per heavy atom. The lowest BCUT2D eigenvalue weighted by Gasteiger charge is -2.17. The van der Waals surface area contributed by atoms with Crippen LogP contribution in [0.15, 0.2) is 48.7 Å². The van der Waals surface area contributed by atoms with Crippen molar-refractivity contribution in [2.75, 3.05) is 18.0 Å². The third-order valence-electron chi connectivity index (χ3n) is 4.77. The van der Waals surface area contributed by atoms with Gasteiger partial charge in [0, 0.05) is 43.5 Å². The summed E-state index contributed by atoms with van der Waals surface area (Å²) < 4.78 is 0. The van der Waals surface area contributed by atoms with Gasteiger partial charge in [-0.15, -0.1) is 0 Å². The molecule has 0 radical (unpaired) electrons. The van der Waals surface area contributed by atoms with Gasteiger partial charge in [0.1, 0.15) is 0 Å². The number of nitrogens with one attached hydrogen (secondary N) is 1. The third-order valence-corrected chi connectivity index (χ3v) is 4.77. The fourth-order valence-electron chi connectivity index (χ4n) is 3.18. The lowest BCUT2D eigenvalue weighted by atomic mass is 10.0. The number of pyridine rings is 1. The molecule has 3 rings (SSSR count). The average Bonchev–Trinajstić information content (AvgIpc) is 3.04. The fraction of sp³-hybridized carbons (Fsp3) is 0.381. The van der Waals surface area contributed by atoms with Gasteiger partial charge in [-0.25, -0.2) is 0 Å². The van der Waals surface area contributed by atoms with E-state index in [0.29, 0.717) is 25.4 Å². The van der Waals surface area contributed by atoms with Gasteiger partial charge in [0.25, 0.3) is 0 Å². The molecule has 1 N–H and O–H groups in total. The third kappa shape index (κ3) is 4.28. The van der Waals surface area contributed by atoms with Gasteiger partial charge in [0.15, 0.2) is 0 Å².